The molecule has 4 rings (SSSR count). The first kappa shape index (κ1) is 21.7. The number of allylic oxidation sites excluding steroid dienone is 2. The van der Waals surface area contributed by atoms with Crippen LogP contribution in [0.15, 0.2) is 62.8 Å². The quantitative estimate of drug-likeness (QED) is 0.350. The molecule has 0 unspecified atom stereocenters. The molecule has 0 aromatic carbocycles. The van der Waals surface area contributed by atoms with Crippen LogP contribution in [0.3, 0.4) is 0 Å². The first-order valence-electron chi connectivity index (χ1n) is 9.42. The predicted octanol–water partition coefficient (Wildman–Crippen LogP) is 2.97. The van der Waals surface area contributed by atoms with Crippen LogP contribution in [0.25, 0.3) is 0 Å². The molecule has 0 saturated heterocycles. The van der Waals surface area contributed by atoms with Gasteiger partial charge in [0.05, 0.1) is 12.2 Å². The lowest BCUT2D eigenvalue weighted by molar-refractivity contribution is -0.142. The number of hydrogen-bond acceptors (Lipinski definition) is 7. The molecule has 0 bridgehead atoms. The monoisotopic (exact) mass is 461 g/mol. The number of anilines is 1. The van der Waals surface area contributed by atoms with Crippen molar-refractivity contribution in [3.05, 3.63) is 69.1 Å². The van der Waals surface area contributed by atoms with Gasteiger partial charge < -0.3 is 15.2 Å². The topological polar surface area (TPSA) is 91.2 Å². The van der Waals surface area contributed by atoms with E-state index in [1.54, 1.807) is 31.1 Å². The van der Waals surface area contributed by atoms with E-state index in [0.717, 1.165) is 10.3 Å². The normalized spacial score (nSPS) is 15.9. The number of fused-ring (bicyclic) bond motifs is 1. The highest BCUT2D eigenvalue weighted by Gasteiger charge is 2.37. The van der Waals surface area contributed by atoms with Crippen molar-refractivity contribution in [2.75, 3.05) is 11.9 Å². The first-order valence-corrected chi connectivity index (χ1v) is 9.87. The van der Waals surface area contributed by atoms with E-state index in [1.807, 2.05) is 0 Å². The van der Waals surface area contributed by atoms with Crippen molar-refractivity contribution in [1.29, 1.82) is 0 Å². The molecular formula is C20H18F3N7OS. The number of aliphatic imine (C=N–C) groups is 1. The van der Waals surface area contributed by atoms with Crippen LogP contribution in [-0.4, -0.2) is 38.9 Å². The van der Waals surface area contributed by atoms with E-state index in [2.05, 4.69) is 43.7 Å². The number of hydrogen-bond donors (Lipinski definition) is 3. The lowest BCUT2D eigenvalue weighted by Crippen LogP contribution is -2.33. The van der Waals surface area contributed by atoms with Crippen molar-refractivity contribution in [3.8, 4) is 0 Å². The number of carbonyl (C=O) groups excluding carboxylic acids is 1. The molecule has 32 heavy (non-hydrogen) atoms. The summed E-state index contributed by atoms with van der Waals surface area (Å²) in [5.74, 6) is 0.699. The number of thiol groups is 1. The molecule has 0 spiro atoms. The van der Waals surface area contributed by atoms with Gasteiger partial charge in [-0.1, -0.05) is 5.73 Å². The third kappa shape index (κ3) is 4.14. The fourth-order valence-electron chi connectivity index (χ4n) is 3.43. The van der Waals surface area contributed by atoms with Crippen LogP contribution in [0.5, 0.6) is 0 Å². The molecule has 166 valence electrons. The van der Waals surface area contributed by atoms with Crippen molar-refractivity contribution in [2.45, 2.75) is 26.2 Å². The maximum Gasteiger partial charge on any atom is 0.435 e. The van der Waals surface area contributed by atoms with Gasteiger partial charge in [0.25, 0.3) is 0 Å². The standard InChI is InChI=1S/C20H18F3N7OS/c1-11-15(32)4-3-13-17(11)14(10-31)27-16(26-13)9-30-8-12(18(28-30)20(21,22)23)7-29(2)19-24-5-6-25-19/h4-6,8,10,32H,7,9H2,1-2H3,(H,24,25)(H,26,27). The Bertz CT molecular complexity index is 1230. The molecule has 1 aliphatic heterocycles. The highest BCUT2D eigenvalue weighted by molar-refractivity contribution is 7.84. The Balaban J connectivity index is 1.63. The number of aromatic nitrogens is 4. The number of carbonyl (C=O) groups is 1. The van der Waals surface area contributed by atoms with Crippen LogP contribution in [-0.2, 0) is 24.1 Å². The zero-order valence-electron chi connectivity index (χ0n) is 17.0. The van der Waals surface area contributed by atoms with E-state index in [9.17, 15) is 18.0 Å². The summed E-state index contributed by atoms with van der Waals surface area (Å²) in [4.78, 5) is 25.1. The smallest absolute Gasteiger partial charge is 0.341 e. The molecule has 3 heterocycles. The number of amidine groups is 1. The number of nitrogens with zero attached hydrogens (tertiary/aromatic N) is 5. The minimum Gasteiger partial charge on any atom is -0.341 e. The Morgan fingerprint density at radius 1 is 1.38 bits per heavy atom. The van der Waals surface area contributed by atoms with Gasteiger partial charge in [-0.25, -0.2) is 9.98 Å². The molecule has 8 nitrogen and oxygen atoms in total. The Labute approximate surface area is 186 Å². The molecule has 2 aromatic heterocycles. The van der Waals surface area contributed by atoms with Gasteiger partial charge in [-0.05, 0) is 18.6 Å². The van der Waals surface area contributed by atoms with Crippen LogP contribution in [0.2, 0.25) is 0 Å². The molecule has 1 aliphatic carbocycles. The van der Waals surface area contributed by atoms with Crippen LogP contribution < -0.4 is 10.2 Å². The van der Waals surface area contributed by atoms with Crippen molar-refractivity contribution < 1.29 is 18.0 Å². The van der Waals surface area contributed by atoms with E-state index < -0.39 is 11.9 Å². The van der Waals surface area contributed by atoms with Gasteiger partial charge in [-0.15, -0.1) is 12.6 Å². The van der Waals surface area contributed by atoms with Gasteiger partial charge in [-0.2, -0.15) is 18.3 Å². The number of aromatic amines is 1. The number of H-pyrrole nitrogens is 1. The van der Waals surface area contributed by atoms with Crippen molar-refractivity contribution >= 4 is 30.7 Å². The lowest BCUT2D eigenvalue weighted by atomic mass is 9.97. The summed E-state index contributed by atoms with van der Waals surface area (Å²) in [5, 5.41) is 6.63. The Kier molecular flexibility index (Phi) is 5.57. The molecule has 0 radical (unpaired) electrons. The average molecular weight is 461 g/mol. The Morgan fingerprint density at radius 3 is 2.81 bits per heavy atom. The van der Waals surface area contributed by atoms with Crippen molar-refractivity contribution in [3.63, 3.8) is 0 Å². The minimum atomic E-state index is -4.63. The first-order chi connectivity index (χ1) is 15.2. The van der Waals surface area contributed by atoms with Gasteiger partial charge in [0.2, 0.25) is 5.95 Å². The maximum absolute atomic E-state index is 13.6. The van der Waals surface area contributed by atoms with Gasteiger partial charge in [-0.3, -0.25) is 9.48 Å². The molecule has 0 fully saturated rings. The lowest BCUT2D eigenvalue weighted by Gasteiger charge is -2.22. The molecule has 2 N–H and O–H groups in total. The van der Waals surface area contributed by atoms with E-state index in [-0.39, 0.29) is 30.2 Å². The SMILES string of the molecule is CC1=C(S)C=C=C2N=C(Cn3cc(CN(C)c4ncc[nH]4)c(C(F)(F)F)n3)NC(C=O)=C21. The second-order valence-electron chi connectivity index (χ2n) is 7.20. The minimum absolute atomic E-state index is 0.0186. The number of rotatable bonds is 6. The second kappa shape index (κ2) is 8.21. The van der Waals surface area contributed by atoms with Gasteiger partial charge in [0.15, 0.2) is 12.0 Å². The molecule has 12 heteroatoms. The van der Waals surface area contributed by atoms with Crippen LogP contribution in [0.4, 0.5) is 19.1 Å². The summed E-state index contributed by atoms with van der Waals surface area (Å²) in [6.45, 7) is 1.64. The summed E-state index contributed by atoms with van der Waals surface area (Å²) in [7, 11) is 1.62. The largest absolute Gasteiger partial charge is 0.435 e. The number of imidazole rings is 1. The molecule has 2 aliphatic rings. The molecule has 2 aromatic rings. The third-order valence-corrected chi connectivity index (χ3v) is 5.39. The number of halogens is 3. The van der Waals surface area contributed by atoms with Crippen LogP contribution in [0, 0.1) is 0 Å². The summed E-state index contributed by atoms with van der Waals surface area (Å²) < 4.78 is 42.0. The Hall–Kier alpha value is -3.50. The van der Waals surface area contributed by atoms with Gasteiger partial charge in [0, 0.05) is 48.2 Å². The van der Waals surface area contributed by atoms with Crippen molar-refractivity contribution in [1.82, 2.24) is 25.1 Å². The molecule has 0 atom stereocenters. The van der Waals surface area contributed by atoms with E-state index in [1.165, 1.54) is 12.4 Å². The van der Waals surface area contributed by atoms with E-state index >= 15 is 0 Å². The van der Waals surface area contributed by atoms with E-state index in [4.69, 9.17) is 0 Å². The van der Waals surface area contributed by atoms with Gasteiger partial charge >= 0.3 is 6.18 Å². The third-order valence-electron chi connectivity index (χ3n) is 4.93. The molecule has 0 amide bonds. The number of alkyl halides is 3. The molecular weight excluding hydrogens is 443 g/mol. The maximum atomic E-state index is 13.6. The van der Waals surface area contributed by atoms with Crippen LogP contribution in [0.1, 0.15) is 18.2 Å². The van der Waals surface area contributed by atoms with Crippen LogP contribution >= 0.6 is 12.6 Å². The average Bonchev–Trinajstić information content (AvgIpc) is 3.40. The van der Waals surface area contributed by atoms with Crippen molar-refractivity contribution in [2.24, 2.45) is 4.99 Å². The second-order valence-corrected chi connectivity index (χ2v) is 7.69. The predicted molar refractivity (Wildman–Crippen MR) is 115 cm³/mol. The van der Waals surface area contributed by atoms with Gasteiger partial charge in [0.1, 0.15) is 11.5 Å². The fraction of sp³-hybridized carbons (Fsp3) is 0.250. The number of nitrogens with one attached hydrogen (secondary N) is 2. The Morgan fingerprint density at radius 2 is 2.16 bits per heavy atom. The van der Waals surface area contributed by atoms with E-state index in [0.29, 0.717) is 28.4 Å². The highest BCUT2D eigenvalue weighted by atomic mass is 32.1. The molecule has 0 saturated carbocycles. The summed E-state index contributed by atoms with van der Waals surface area (Å²) in [6, 6.07) is 0. The summed E-state index contributed by atoms with van der Waals surface area (Å²) >= 11 is 4.34. The zero-order valence-corrected chi connectivity index (χ0v) is 17.9. The fourth-order valence-corrected chi connectivity index (χ4v) is 3.61. The summed E-state index contributed by atoms with van der Waals surface area (Å²) in [5.41, 5.74) is 3.91. The number of aldehydes is 1. The zero-order chi connectivity index (χ0) is 23.0. The summed E-state index contributed by atoms with van der Waals surface area (Å²) in [6.07, 6.45) is 2.05. The highest BCUT2D eigenvalue weighted by Crippen LogP contribution is 2.33.